The highest BCUT2D eigenvalue weighted by Crippen LogP contribution is 2.32. The minimum atomic E-state index is -4.41. The summed E-state index contributed by atoms with van der Waals surface area (Å²) < 4.78 is 39.0. The quantitative estimate of drug-likeness (QED) is 0.491. The molecule has 0 fully saturated rings. The van der Waals surface area contributed by atoms with E-state index in [1.807, 2.05) is 26.0 Å². The van der Waals surface area contributed by atoms with Gasteiger partial charge in [-0.1, -0.05) is 29.8 Å². The summed E-state index contributed by atoms with van der Waals surface area (Å²) in [6.45, 7) is 3.94. The first-order valence-electron chi connectivity index (χ1n) is 9.02. The van der Waals surface area contributed by atoms with Gasteiger partial charge in [-0.25, -0.2) is 9.97 Å². The van der Waals surface area contributed by atoms with Gasteiger partial charge < -0.3 is 10.6 Å². The second-order valence-electron chi connectivity index (χ2n) is 6.86. The number of alkyl halides is 3. The van der Waals surface area contributed by atoms with Crippen molar-refractivity contribution in [2.75, 3.05) is 10.6 Å². The summed E-state index contributed by atoms with van der Waals surface area (Å²) in [7, 11) is 0. The molecule has 2 N–H and O–H groups in total. The molecule has 4 nitrogen and oxygen atoms in total. The first kappa shape index (κ1) is 20.9. The molecule has 0 aliphatic carbocycles. The van der Waals surface area contributed by atoms with E-state index in [1.165, 1.54) is 6.07 Å². The van der Waals surface area contributed by atoms with Gasteiger partial charge in [-0.3, -0.25) is 0 Å². The van der Waals surface area contributed by atoms with Gasteiger partial charge in [-0.15, -0.1) is 0 Å². The van der Waals surface area contributed by atoms with Crippen molar-refractivity contribution in [1.29, 1.82) is 0 Å². The Morgan fingerprint density at radius 2 is 1.79 bits per heavy atom. The molecule has 0 atom stereocenters. The summed E-state index contributed by atoms with van der Waals surface area (Å²) in [5.41, 5.74) is 1.75. The van der Waals surface area contributed by atoms with Crippen LogP contribution >= 0.6 is 11.6 Å². The number of anilines is 3. The van der Waals surface area contributed by atoms with Crippen molar-refractivity contribution < 1.29 is 13.2 Å². The molecule has 8 heteroatoms. The van der Waals surface area contributed by atoms with Gasteiger partial charge in [-0.05, 0) is 49.7 Å². The minimum Gasteiger partial charge on any atom is -0.353 e. The first-order chi connectivity index (χ1) is 13.7. The Bertz CT molecular complexity index is 972. The molecule has 0 unspecified atom stereocenters. The van der Waals surface area contributed by atoms with Gasteiger partial charge in [0.25, 0.3) is 0 Å². The first-order valence-corrected chi connectivity index (χ1v) is 9.39. The predicted octanol–water partition coefficient (Wildman–Crippen LogP) is 6.30. The molecule has 3 rings (SSSR count). The Hall–Kier alpha value is -2.80. The topological polar surface area (TPSA) is 49.8 Å². The van der Waals surface area contributed by atoms with Crippen LogP contribution in [-0.2, 0) is 12.6 Å². The van der Waals surface area contributed by atoms with Crippen LogP contribution < -0.4 is 10.6 Å². The summed E-state index contributed by atoms with van der Waals surface area (Å²) in [6.07, 6.45) is -2.37. The van der Waals surface area contributed by atoms with Crippen LogP contribution in [0.2, 0.25) is 5.02 Å². The fraction of sp³-hybridized carbons (Fsp3) is 0.238. The molecule has 0 aliphatic heterocycles. The molecule has 0 spiro atoms. The molecule has 1 heterocycles. The molecule has 0 aliphatic rings. The molecule has 1 aromatic heterocycles. The second kappa shape index (κ2) is 8.69. The number of rotatable bonds is 6. The predicted molar refractivity (Wildman–Crippen MR) is 110 cm³/mol. The lowest BCUT2D eigenvalue weighted by atomic mass is 10.1. The fourth-order valence-electron chi connectivity index (χ4n) is 2.71. The van der Waals surface area contributed by atoms with E-state index in [2.05, 4.69) is 20.6 Å². The highest BCUT2D eigenvalue weighted by Gasteiger charge is 2.30. The van der Waals surface area contributed by atoms with Gasteiger partial charge in [0, 0.05) is 23.2 Å². The number of nitrogens with one attached hydrogen (secondary N) is 2. The van der Waals surface area contributed by atoms with Crippen LogP contribution in [0.3, 0.4) is 0 Å². The highest BCUT2D eigenvalue weighted by atomic mass is 35.5. The molecular formula is C21H20ClF3N4. The third-order valence-electron chi connectivity index (χ3n) is 4.04. The lowest BCUT2D eigenvalue weighted by Crippen LogP contribution is -2.14. The Labute approximate surface area is 172 Å². The Balaban J connectivity index is 1.93. The van der Waals surface area contributed by atoms with Crippen LogP contribution in [0.5, 0.6) is 0 Å². The molecule has 0 saturated heterocycles. The van der Waals surface area contributed by atoms with Crippen LogP contribution in [0.1, 0.15) is 30.7 Å². The second-order valence-corrected chi connectivity index (χ2v) is 7.30. The average molecular weight is 421 g/mol. The molecule has 0 amide bonds. The average Bonchev–Trinajstić information content (AvgIpc) is 2.65. The van der Waals surface area contributed by atoms with E-state index in [9.17, 15) is 13.2 Å². The number of hydrogen-bond acceptors (Lipinski definition) is 4. The number of hydrogen-bond donors (Lipinski definition) is 2. The highest BCUT2D eigenvalue weighted by molar-refractivity contribution is 6.30. The Kier molecular flexibility index (Phi) is 6.27. The zero-order valence-electron chi connectivity index (χ0n) is 15.9. The van der Waals surface area contributed by atoms with Crippen molar-refractivity contribution in [1.82, 2.24) is 9.97 Å². The van der Waals surface area contributed by atoms with E-state index in [0.29, 0.717) is 34.5 Å². The monoisotopic (exact) mass is 420 g/mol. The lowest BCUT2D eigenvalue weighted by molar-refractivity contribution is -0.137. The summed E-state index contributed by atoms with van der Waals surface area (Å²) in [6, 6.07) is 12.5. The maximum absolute atomic E-state index is 13.0. The standard InChI is InChI=1S/C21H20ClF3N4/c1-13(2)27-20-26-12-19(18(29-20)10-14-6-8-16(22)9-7-14)28-17-5-3-4-15(11-17)21(23,24)25/h3-9,11-13,28H,10H2,1-2H3,(H,26,27,29). The van der Waals surface area contributed by atoms with E-state index in [4.69, 9.17) is 11.6 Å². The van der Waals surface area contributed by atoms with Crippen LogP contribution in [0.25, 0.3) is 0 Å². The third-order valence-corrected chi connectivity index (χ3v) is 4.29. The molecule has 0 bridgehead atoms. The van der Waals surface area contributed by atoms with Crippen molar-refractivity contribution in [3.05, 3.63) is 76.6 Å². The van der Waals surface area contributed by atoms with Crippen LogP contribution in [-0.4, -0.2) is 16.0 Å². The number of halogens is 4. The third kappa shape index (κ3) is 5.84. The fourth-order valence-corrected chi connectivity index (χ4v) is 2.83. The van der Waals surface area contributed by atoms with Crippen molar-refractivity contribution in [3.8, 4) is 0 Å². The number of aromatic nitrogens is 2. The van der Waals surface area contributed by atoms with Crippen LogP contribution in [0.4, 0.5) is 30.5 Å². The molecule has 29 heavy (non-hydrogen) atoms. The van der Waals surface area contributed by atoms with E-state index < -0.39 is 11.7 Å². The van der Waals surface area contributed by atoms with Crippen molar-refractivity contribution in [3.63, 3.8) is 0 Å². The molecular weight excluding hydrogens is 401 g/mol. The number of nitrogens with zero attached hydrogens (tertiary/aromatic N) is 2. The maximum Gasteiger partial charge on any atom is 0.416 e. The molecule has 3 aromatic rings. The number of benzene rings is 2. The summed E-state index contributed by atoms with van der Waals surface area (Å²) in [5, 5.41) is 6.78. The van der Waals surface area contributed by atoms with Crippen molar-refractivity contribution in [2.24, 2.45) is 0 Å². The van der Waals surface area contributed by atoms with Gasteiger partial charge in [0.05, 0.1) is 23.1 Å². The smallest absolute Gasteiger partial charge is 0.353 e. The Morgan fingerprint density at radius 3 is 2.45 bits per heavy atom. The summed E-state index contributed by atoms with van der Waals surface area (Å²) >= 11 is 5.95. The van der Waals surface area contributed by atoms with Crippen molar-refractivity contribution in [2.45, 2.75) is 32.5 Å². The van der Waals surface area contributed by atoms with E-state index in [1.54, 1.807) is 24.4 Å². The lowest BCUT2D eigenvalue weighted by Gasteiger charge is -2.15. The van der Waals surface area contributed by atoms with Crippen LogP contribution in [0.15, 0.2) is 54.7 Å². The van der Waals surface area contributed by atoms with Gasteiger partial charge in [0.1, 0.15) is 0 Å². The van der Waals surface area contributed by atoms with E-state index >= 15 is 0 Å². The van der Waals surface area contributed by atoms with Gasteiger partial charge in [0.2, 0.25) is 5.95 Å². The summed E-state index contributed by atoms with van der Waals surface area (Å²) in [4.78, 5) is 8.83. The van der Waals surface area contributed by atoms with Crippen LogP contribution in [0, 0.1) is 0 Å². The molecule has 2 aromatic carbocycles. The molecule has 0 saturated carbocycles. The SMILES string of the molecule is CC(C)Nc1ncc(Nc2cccc(C(F)(F)F)c2)c(Cc2ccc(Cl)cc2)n1. The Morgan fingerprint density at radius 1 is 1.07 bits per heavy atom. The van der Waals surface area contributed by atoms with Gasteiger partial charge in [0.15, 0.2) is 0 Å². The molecule has 0 radical (unpaired) electrons. The van der Waals surface area contributed by atoms with Crippen molar-refractivity contribution >= 4 is 28.9 Å². The molecule has 152 valence electrons. The van der Waals surface area contributed by atoms with Gasteiger partial charge in [-0.2, -0.15) is 13.2 Å². The van der Waals surface area contributed by atoms with E-state index in [0.717, 1.165) is 17.7 Å². The van der Waals surface area contributed by atoms with E-state index in [-0.39, 0.29) is 6.04 Å². The largest absolute Gasteiger partial charge is 0.416 e. The zero-order valence-corrected chi connectivity index (χ0v) is 16.6. The maximum atomic E-state index is 13.0. The normalized spacial score (nSPS) is 11.6. The minimum absolute atomic E-state index is 0.139. The zero-order chi connectivity index (χ0) is 21.0. The van der Waals surface area contributed by atoms with Gasteiger partial charge >= 0.3 is 6.18 Å². The summed E-state index contributed by atoms with van der Waals surface area (Å²) in [5.74, 6) is 0.457.